The zero-order chi connectivity index (χ0) is 17.6. The highest BCUT2D eigenvalue weighted by molar-refractivity contribution is 5.76. The molecule has 1 aliphatic heterocycles. The smallest absolute Gasteiger partial charge is 0.305 e. The number of anilines is 3. The average Bonchev–Trinajstić information content (AvgIpc) is 2.63. The van der Waals surface area contributed by atoms with Crippen LogP contribution in [0.15, 0.2) is 36.4 Å². The molecule has 0 fully saturated rings. The number of hydrogen-bond donors (Lipinski definition) is 2. The van der Waals surface area contributed by atoms with E-state index in [2.05, 4.69) is 5.32 Å². The van der Waals surface area contributed by atoms with E-state index in [1.807, 2.05) is 30.3 Å². The van der Waals surface area contributed by atoms with Crippen molar-refractivity contribution in [3.63, 3.8) is 0 Å². The van der Waals surface area contributed by atoms with E-state index in [0.717, 1.165) is 16.9 Å². The molecular formula is C19H22N2O4. The van der Waals surface area contributed by atoms with Gasteiger partial charge in [-0.3, -0.25) is 4.79 Å². The van der Waals surface area contributed by atoms with Gasteiger partial charge in [0, 0.05) is 30.7 Å². The second-order valence-electron chi connectivity index (χ2n) is 5.73. The van der Waals surface area contributed by atoms with Crippen LogP contribution >= 0.6 is 0 Å². The summed E-state index contributed by atoms with van der Waals surface area (Å²) < 4.78 is 16.2. The number of fused-ring (bicyclic) bond motifs is 1. The molecule has 0 spiro atoms. The Labute approximate surface area is 146 Å². The van der Waals surface area contributed by atoms with Crippen LogP contribution in [0.5, 0.6) is 11.5 Å². The molecule has 0 saturated heterocycles. The lowest BCUT2D eigenvalue weighted by Gasteiger charge is -2.20. The Hall–Kier alpha value is -2.89. The van der Waals surface area contributed by atoms with Crippen LogP contribution in [-0.2, 0) is 16.0 Å². The van der Waals surface area contributed by atoms with Crippen LogP contribution in [0.1, 0.15) is 18.9 Å². The molecule has 0 radical (unpaired) electrons. The molecular weight excluding hydrogens is 320 g/mol. The first kappa shape index (κ1) is 17.0. The summed E-state index contributed by atoms with van der Waals surface area (Å²) in [5.41, 5.74) is 9.47. The Bertz CT molecular complexity index is 744. The lowest BCUT2D eigenvalue weighted by atomic mass is 10.1. The molecule has 2 aromatic carbocycles. The minimum Gasteiger partial charge on any atom is -0.486 e. The van der Waals surface area contributed by atoms with Gasteiger partial charge in [0.2, 0.25) is 0 Å². The zero-order valence-electron chi connectivity index (χ0n) is 14.2. The SMILES string of the molecule is CCC(=O)OCCc1ccc(Nc2cc3c(cc2N)OCCO3)cc1. The summed E-state index contributed by atoms with van der Waals surface area (Å²) in [6.45, 7) is 3.25. The average molecular weight is 342 g/mol. The standard InChI is InChI=1S/C19H22N2O4/c1-2-19(22)25-8-7-13-3-5-14(6-4-13)21-16-12-18-17(11-15(16)20)23-9-10-24-18/h3-6,11-12,21H,2,7-10,20H2,1H3. The molecule has 1 aliphatic rings. The van der Waals surface area contributed by atoms with E-state index in [9.17, 15) is 4.79 Å². The topological polar surface area (TPSA) is 82.8 Å². The van der Waals surface area contributed by atoms with Crippen molar-refractivity contribution in [3.8, 4) is 11.5 Å². The van der Waals surface area contributed by atoms with Crippen molar-refractivity contribution in [2.24, 2.45) is 0 Å². The maximum Gasteiger partial charge on any atom is 0.305 e. The number of carbonyl (C=O) groups excluding carboxylic acids is 1. The van der Waals surface area contributed by atoms with E-state index < -0.39 is 0 Å². The molecule has 25 heavy (non-hydrogen) atoms. The number of ether oxygens (including phenoxy) is 3. The lowest BCUT2D eigenvalue weighted by Crippen LogP contribution is -2.15. The normalized spacial score (nSPS) is 12.5. The second kappa shape index (κ2) is 7.79. The van der Waals surface area contributed by atoms with E-state index in [1.54, 1.807) is 13.0 Å². The molecule has 0 bridgehead atoms. The summed E-state index contributed by atoms with van der Waals surface area (Å²) in [6.07, 6.45) is 1.10. The quantitative estimate of drug-likeness (QED) is 0.619. The Morgan fingerprint density at radius 3 is 2.52 bits per heavy atom. The van der Waals surface area contributed by atoms with Crippen molar-refractivity contribution in [1.29, 1.82) is 0 Å². The second-order valence-corrected chi connectivity index (χ2v) is 5.73. The van der Waals surface area contributed by atoms with E-state index in [1.165, 1.54) is 0 Å². The van der Waals surface area contributed by atoms with Crippen LogP contribution in [-0.4, -0.2) is 25.8 Å². The van der Waals surface area contributed by atoms with E-state index in [-0.39, 0.29) is 5.97 Å². The Kier molecular flexibility index (Phi) is 5.28. The van der Waals surface area contributed by atoms with Gasteiger partial charge in [-0.1, -0.05) is 19.1 Å². The molecule has 1 heterocycles. The van der Waals surface area contributed by atoms with Crippen molar-refractivity contribution in [1.82, 2.24) is 0 Å². The molecule has 6 heteroatoms. The summed E-state index contributed by atoms with van der Waals surface area (Å²) >= 11 is 0. The van der Waals surface area contributed by atoms with Gasteiger partial charge in [0.15, 0.2) is 11.5 Å². The Balaban J connectivity index is 1.62. The predicted octanol–water partition coefficient (Wildman–Crippen LogP) is 3.28. The van der Waals surface area contributed by atoms with Crippen LogP contribution in [0, 0.1) is 0 Å². The molecule has 132 valence electrons. The third-order valence-corrected chi connectivity index (χ3v) is 3.89. The summed E-state index contributed by atoms with van der Waals surface area (Å²) in [6, 6.07) is 11.5. The summed E-state index contributed by atoms with van der Waals surface area (Å²) in [5.74, 6) is 1.19. The van der Waals surface area contributed by atoms with Gasteiger partial charge in [-0.2, -0.15) is 0 Å². The van der Waals surface area contributed by atoms with Crippen molar-refractivity contribution >= 4 is 23.0 Å². The first-order chi connectivity index (χ1) is 12.2. The van der Waals surface area contributed by atoms with Gasteiger partial charge in [0.25, 0.3) is 0 Å². The summed E-state index contributed by atoms with van der Waals surface area (Å²) in [5, 5.41) is 3.29. The van der Waals surface area contributed by atoms with Gasteiger partial charge in [-0.05, 0) is 17.7 Å². The molecule has 3 rings (SSSR count). The van der Waals surface area contributed by atoms with E-state index >= 15 is 0 Å². The van der Waals surface area contributed by atoms with Crippen LogP contribution in [0.2, 0.25) is 0 Å². The maximum atomic E-state index is 11.1. The molecule has 3 N–H and O–H groups in total. The molecule has 0 unspecified atom stereocenters. The zero-order valence-corrected chi connectivity index (χ0v) is 14.2. The van der Waals surface area contributed by atoms with Crippen LogP contribution in [0.25, 0.3) is 0 Å². The molecule has 0 amide bonds. The fraction of sp³-hybridized carbons (Fsp3) is 0.316. The number of carbonyl (C=O) groups is 1. The Morgan fingerprint density at radius 2 is 1.84 bits per heavy atom. The number of nitrogens with one attached hydrogen (secondary N) is 1. The first-order valence-electron chi connectivity index (χ1n) is 8.36. The van der Waals surface area contributed by atoms with Crippen LogP contribution in [0.4, 0.5) is 17.1 Å². The Morgan fingerprint density at radius 1 is 1.16 bits per heavy atom. The number of nitrogens with two attached hydrogens (primary N) is 1. The number of nitrogen functional groups attached to an aromatic ring is 1. The summed E-state index contributed by atoms with van der Waals surface area (Å²) in [7, 11) is 0. The highest BCUT2D eigenvalue weighted by Gasteiger charge is 2.14. The molecule has 0 saturated carbocycles. The molecule has 6 nitrogen and oxygen atoms in total. The van der Waals surface area contributed by atoms with Crippen molar-refractivity contribution in [3.05, 3.63) is 42.0 Å². The van der Waals surface area contributed by atoms with Gasteiger partial charge in [-0.15, -0.1) is 0 Å². The highest BCUT2D eigenvalue weighted by atomic mass is 16.6. The number of benzene rings is 2. The minimum atomic E-state index is -0.174. The molecule has 2 aromatic rings. The van der Waals surface area contributed by atoms with Crippen LogP contribution < -0.4 is 20.5 Å². The minimum absolute atomic E-state index is 0.174. The fourth-order valence-electron chi connectivity index (χ4n) is 2.51. The number of esters is 1. The van der Waals surface area contributed by atoms with E-state index in [0.29, 0.717) is 49.8 Å². The molecule has 0 aromatic heterocycles. The maximum absolute atomic E-state index is 11.1. The lowest BCUT2D eigenvalue weighted by molar-refractivity contribution is -0.143. The van der Waals surface area contributed by atoms with Crippen molar-refractivity contribution in [2.75, 3.05) is 30.9 Å². The first-order valence-corrected chi connectivity index (χ1v) is 8.36. The predicted molar refractivity (Wildman–Crippen MR) is 96.5 cm³/mol. The van der Waals surface area contributed by atoms with Crippen molar-refractivity contribution in [2.45, 2.75) is 19.8 Å². The van der Waals surface area contributed by atoms with Gasteiger partial charge >= 0.3 is 5.97 Å². The largest absolute Gasteiger partial charge is 0.486 e. The monoisotopic (exact) mass is 342 g/mol. The number of hydrogen-bond acceptors (Lipinski definition) is 6. The summed E-state index contributed by atoms with van der Waals surface area (Å²) in [4.78, 5) is 11.1. The van der Waals surface area contributed by atoms with Gasteiger partial charge < -0.3 is 25.3 Å². The third kappa shape index (κ3) is 4.35. The van der Waals surface area contributed by atoms with E-state index in [4.69, 9.17) is 19.9 Å². The van der Waals surface area contributed by atoms with Gasteiger partial charge in [0.05, 0.1) is 18.0 Å². The third-order valence-electron chi connectivity index (χ3n) is 3.89. The fourth-order valence-corrected chi connectivity index (χ4v) is 2.51. The van der Waals surface area contributed by atoms with Gasteiger partial charge in [-0.25, -0.2) is 0 Å². The van der Waals surface area contributed by atoms with Crippen LogP contribution in [0.3, 0.4) is 0 Å². The number of rotatable bonds is 6. The van der Waals surface area contributed by atoms with Crippen molar-refractivity contribution < 1.29 is 19.0 Å². The molecule has 0 atom stereocenters. The highest BCUT2D eigenvalue weighted by Crippen LogP contribution is 2.38. The van der Waals surface area contributed by atoms with Gasteiger partial charge in [0.1, 0.15) is 13.2 Å². The molecule has 0 aliphatic carbocycles.